The van der Waals surface area contributed by atoms with Crippen LogP contribution in [0.25, 0.3) is 0 Å². The number of aliphatic hydroxyl groups excluding tert-OH is 2. The highest BCUT2D eigenvalue weighted by atomic mass is 19.4. The van der Waals surface area contributed by atoms with Gasteiger partial charge < -0.3 is 14.9 Å². The molecule has 3 aliphatic rings. The van der Waals surface area contributed by atoms with Crippen LogP contribution in [0.2, 0.25) is 0 Å². The molecule has 0 radical (unpaired) electrons. The van der Waals surface area contributed by atoms with E-state index in [1.54, 1.807) is 0 Å². The number of nitriles is 1. The largest absolute Gasteiger partial charge is 0.417 e. The molecule has 4 rings (SSSR count). The first-order valence-corrected chi connectivity index (χ1v) is 8.48. The highest BCUT2D eigenvalue weighted by Crippen LogP contribution is 2.61. The average Bonchev–Trinajstić information content (AvgIpc) is 3.16. The number of anilines is 1. The molecule has 3 aliphatic heterocycles. The van der Waals surface area contributed by atoms with Gasteiger partial charge in [-0.05, 0) is 25.1 Å². The van der Waals surface area contributed by atoms with Gasteiger partial charge in [0.05, 0.1) is 53.0 Å². The first kappa shape index (κ1) is 18.9. The lowest BCUT2D eigenvalue weighted by Crippen LogP contribution is -2.53. The van der Waals surface area contributed by atoms with Crippen LogP contribution in [0.4, 0.5) is 18.9 Å². The Balaban J connectivity index is 1.82. The zero-order chi connectivity index (χ0) is 20.6. The van der Waals surface area contributed by atoms with Crippen LogP contribution < -0.4 is 4.90 Å². The van der Waals surface area contributed by atoms with Crippen molar-refractivity contribution in [1.29, 1.82) is 5.26 Å². The number of fused-ring (bicyclic) bond motifs is 5. The van der Waals surface area contributed by atoms with Gasteiger partial charge in [0, 0.05) is 6.42 Å². The van der Waals surface area contributed by atoms with Crippen molar-refractivity contribution in [2.24, 2.45) is 11.8 Å². The molecule has 0 spiro atoms. The Bertz CT molecular complexity index is 942. The van der Waals surface area contributed by atoms with Gasteiger partial charge in [-0.25, -0.2) is 4.90 Å². The van der Waals surface area contributed by atoms with E-state index in [-0.39, 0.29) is 12.1 Å². The van der Waals surface area contributed by atoms with Crippen LogP contribution in [0, 0.1) is 23.2 Å². The van der Waals surface area contributed by atoms with Gasteiger partial charge in [-0.15, -0.1) is 0 Å². The van der Waals surface area contributed by atoms with Gasteiger partial charge >= 0.3 is 6.18 Å². The molecular formula is C18H15F3N2O5. The van der Waals surface area contributed by atoms with Gasteiger partial charge in [-0.2, -0.15) is 18.4 Å². The van der Waals surface area contributed by atoms with Crippen molar-refractivity contribution in [2.45, 2.75) is 36.8 Å². The second-order valence-electron chi connectivity index (χ2n) is 7.55. The number of carbonyl (C=O) groups is 2. The van der Waals surface area contributed by atoms with Crippen molar-refractivity contribution in [3.05, 3.63) is 29.3 Å². The van der Waals surface area contributed by atoms with Crippen molar-refractivity contribution in [1.82, 2.24) is 0 Å². The average molecular weight is 396 g/mol. The lowest BCUT2D eigenvalue weighted by Gasteiger charge is -2.33. The molecule has 28 heavy (non-hydrogen) atoms. The lowest BCUT2D eigenvalue weighted by atomic mass is 9.67. The van der Waals surface area contributed by atoms with Crippen molar-refractivity contribution in [2.75, 3.05) is 11.5 Å². The maximum atomic E-state index is 13.3. The molecule has 0 aromatic heterocycles. The van der Waals surface area contributed by atoms with E-state index in [0.717, 1.165) is 12.1 Å². The van der Waals surface area contributed by atoms with E-state index in [0.29, 0.717) is 11.0 Å². The van der Waals surface area contributed by atoms with Crippen LogP contribution in [-0.4, -0.2) is 45.9 Å². The van der Waals surface area contributed by atoms with E-state index in [1.807, 2.05) is 0 Å². The van der Waals surface area contributed by atoms with Crippen molar-refractivity contribution in [3.63, 3.8) is 0 Å². The molecule has 3 saturated heterocycles. The second kappa shape index (κ2) is 5.53. The molecule has 2 amide bonds. The first-order chi connectivity index (χ1) is 13.0. The standard InChI is InChI=1S/C18H15F3N2O5/c1-16-5-11(25)17(7-24,28-16)13-12(16)14(26)23(15(13)27)9-3-2-8(6-22)10(4-9)18(19,20)21/h2-4,11-13,24-25H,5,7H2,1H3/t11-,12+,13?,16?,17?/m0/s1. The summed E-state index contributed by atoms with van der Waals surface area (Å²) in [4.78, 5) is 26.6. The number of nitrogens with zero attached hydrogens (tertiary/aromatic N) is 2. The van der Waals surface area contributed by atoms with Crippen molar-refractivity contribution < 1.29 is 37.7 Å². The smallest absolute Gasteiger partial charge is 0.393 e. The Morgan fingerprint density at radius 1 is 1.32 bits per heavy atom. The summed E-state index contributed by atoms with van der Waals surface area (Å²) in [6.07, 6.45) is -6.02. The fourth-order valence-electron chi connectivity index (χ4n) is 4.83. The quantitative estimate of drug-likeness (QED) is 0.721. The van der Waals surface area contributed by atoms with Crippen LogP contribution in [0.5, 0.6) is 0 Å². The number of carbonyl (C=O) groups excluding carboxylic acids is 2. The number of ether oxygens (including phenoxy) is 1. The van der Waals surface area contributed by atoms with Crippen molar-refractivity contribution in [3.8, 4) is 6.07 Å². The third kappa shape index (κ3) is 2.15. The normalized spacial score (nSPS) is 36.8. The zero-order valence-electron chi connectivity index (χ0n) is 14.5. The summed E-state index contributed by atoms with van der Waals surface area (Å²) in [6, 6.07) is 4.02. The van der Waals surface area contributed by atoms with Crippen LogP contribution >= 0.6 is 0 Å². The Labute approximate surface area is 156 Å². The SMILES string of the molecule is CC12C[C@H](O)C(CO)(O1)C1C(=O)N(c3ccc(C#N)c(C(F)(F)F)c3)C(=O)[C@@H]12. The number of rotatable bonds is 2. The molecule has 3 fully saturated rings. The monoisotopic (exact) mass is 396 g/mol. The van der Waals surface area contributed by atoms with Gasteiger partial charge in [0.2, 0.25) is 11.8 Å². The molecule has 148 valence electrons. The van der Waals surface area contributed by atoms with Crippen LogP contribution in [0.15, 0.2) is 18.2 Å². The van der Waals surface area contributed by atoms with Crippen LogP contribution in [0.3, 0.4) is 0 Å². The minimum atomic E-state index is -4.85. The number of hydrogen-bond donors (Lipinski definition) is 2. The van der Waals surface area contributed by atoms with Gasteiger partial charge in [0.1, 0.15) is 5.60 Å². The Hall–Kier alpha value is -2.48. The molecule has 5 atom stereocenters. The Kier molecular flexibility index (Phi) is 3.73. The summed E-state index contributed by atoms with van der Waals surface area (Å²) in [6.45, 7) is 0.825. The first-order valence-electron chi connectivity index (χ1n) is 8.48. The molecule has 0 aliphatic carbocycles. The molecule has 7 nitrogen and oxygen atoms in total. The number of amides is 2. The fourth-order valence-corrected chi connectivity index (χ4v) is 4.83. The van der Waals surface area contributed by atoms with Crippen LogP contribution in [-0.2, 0) is 20.5 Å². The van der Waals surface area contributed by atoms with Crippen molar-refractivity contribution >= 4 is 17.5 Å². The number of benzene rings is 1. The van der Waals surface area contributed by atoms with E-state index in [2.05, 4.69) is 0 Å². The molecule has 3 heterocycles. The molecular weight excluding hydrogens is 381 g/mol. The van der Waals surface area contributed by atoms with E-state index < -0.39 is 64.9 Å². The summed E-state index contributed by atoms with van der Waals surface area (Å²) < 4.78 is 45.5. The number of aliphatic hydroxyl groups is 2. The summed E-state index contributed by atoms with van der Waals surface area (Å²) in [5.74, 6) is -3.83. The predicted molar refractivity (Wildman–Crippen MR) is 85.6 cm³/mol. The lowest BCUT2D eigenvalue weighted by molar-refractivity contribution is -0.142. The number of halogens is 3. The molecule has 10 heteroatoms. The summed E-state index contributed by atoms with van der Waals surface area (Å²) in [5, 5.41) is 29.0. The highest BCUT2D eigenvalue weighted by Gasteiger charge is 2.77. The van der Waals surface area contributed by atoms with Gasteiger partial charge in [0.15, 0.2) is 0 Å². The molecule has 1 aromatic rings. The zero-order valence-corrected chi connectivity index (χ0v) is 14.5. The number of alkyl halides is 3. The maximum absolute atomic E-state index is 13.3. The molecule has 2 N–H and O–H groups in total. The highest BCUT2D eigenvalue weighted by molar-refractivity contribution is 6.23. The summed E-state index contributed by atoms with van der Waals surface area (Å²) >= 11 is 0. The third-order valence-corrected chi connectivity index (χ3v) is 6.01. The molecule has 3 unspecified atom stereocenters. The minimum absolute atomic E-state index is 0.0166. The summed E-state index contributed by atoms with van der Waals surface area (Å²) in [7, 11) is 0. The molecule has 0 saturated carbocycles. The van der Waals surface area contributed by atoms with E-state index in [1.165, 1.54) is 13.0 Å². The minimum Gasteiger partial charge on any atom is -0.393 e. The number of hydrogen-bond acceptors (Lipinski definition) is 6. The molecule has 1 aromatic carbocycles. The number of imide groups is 1. The maximum Gasteiger partial charge on any atom is 0.417 e. The topological polar surface area (TPSA) is 111 Å². The van der Waals surface area contributed by atoms with E-state index in [9.17, 15) is 33.0 Å². The Morgan fingerprint density at radius 3 is 2.54 bits per heavy atom. The predicted octanol–water partition coefficient (Wildman–Crippen LogP) is 0.967. The van der Waals surface area contributed by atoms with Gasteiger partial charge in [0.25, 0.3) is 0 Å². The third-order valence-electron chi connectivity index (χ3n) is 6.01. The molecule has 2 bridgehead atoms. The summed E-state index contributed by atoms with van der Waals surface area (Å²) in [5.41, 5.74) is -5.09. The second-order valence-corrected chi connectivity index (χ2v) is 7.55. The van der Waals surface area contributed by atoms with Crippen LogP contribution in [0.1, 0.15) is 24.5 Å². The van der Waals surface area contributed by atoms with E-state index >= 15 is 0 Å². The Morgan fingerprint density at radius 2 is 1.96 bits per heavy atom. The van der Waals surface area contributed by atoms with E-state index in [4.69, 9.17) is 10.00 Å². The van der Waals surface area contributed by atoms with Gasteiger partial charge in [-0.1, -0.05) is 0 Å². The van der Waals surface area contributed by atoms with Gasteiger partial charge in [-0.3, -0.25) is 9.59 Å². The fraction of sp³-hybridized carbons (Fsp3) is 0.500.